The Morgan fingerprint density at radius 2 is 1.68 bits per heavy atom. The molecule has 0 atom stereocenters. The SMILES string of the molecule is O=C(O)Cc1cccc(N2CCC3(CC2)C(=O)N(CC2CCCC2)C(=O)N3Cc2ccc(OC(F)(F)F)cc2)c1. The Labute approximate surface area is 230 Å². The average Bonchev–Trinajstić information content (AvgIpc) is 3.48. The summed E-state index contributed by atoms with van der Waals surface area (Å²) >= 11 is 0. The van der Waals surface area contributed by atoms with Gasteiger partial charge in [0.2, 0.25) is 0 Å². The van der Waals surface area contributed by atoms with E-state index in [-0.39, 0.29) is 36.6 Å². The Morgan fingerprint density at radius 3 is 2.30 bits per heavy atom. The molecule has 40 heavy (non-hydrogen) atoms. The number of halogens is 3. The zero-order valence-corrected chi connectivity index (χ0v) is 22.0. The molecule has 0 unspecified atom stereocenters. The molecule has 2 saturated heterocycles. The van der Waals surface area contributed by atoms with Gasteiger partial charge in [0.1, 0.15) is 11.3 Å². The molecule has 3 fully saturated rings. The number of carboxylic acids is 1. The summed E-state index contributed by atoms with van der Waals surface area (Å²) in [7, 11) is 0. The largest absolute Gasteiger partial charge is 0.573 e. The summed E-state index contributed by atoms with van der Waals surface area (Å²) in [5, 5.41) is 9.15. The van der Waals surface area contributed by atoms with Crippen molar-refractivity contribution < 1.29 is 37.4 Å². The molecular weight excluding hydrogens is 527 g/mol. The molecule has 1 spiro atoms. The van der Waals surface area contributed by atoms with E-state index in [1.54, 1.807) is 11.0 Å². The van der Waals surface area contributed by atoms with Crippen molar-refractivity contribution in [1.29, 1.82) is 0 Å². The molecule has 214 valence electrons. The minimum Gasteiger partial charge on any atom is -0.481 e. The van der Waals surface area contributed by atoms with Gasteiger partial charge in [0.05, 0.1) is 6.42 Å². The van der Waals surface area contributed by atoms with Crippen LogP contribution in [0.3, 0.4) is 0 Å². The maximum absolute atomic E-state index is 13.9. The maximum Gasteiger partial charge on any atom is 0.573 e. The van der Waals surface area contributed by atoms with Gasteiger partial charge in [-0.25, -0.2) is 4.79 Å². The number of amides is 3. The number of urea groups is 1. The lowest BCUT2D eigenvalue weighted by Gasteiger charge is -2.43. The number of hydrogen-bond donors (Lipinski definition) is 1. The number of carbonyl (C=O) groups is 3. The van der Waals surface area contributed by atoms with E-state index in [1.807, 2.05) is 18.2 Å². The minimum atomic E-state index is -4.80. The summed E-state index contributed by atoms with van der Waals surface area (Å²) in [5.41, 5.74) is 1.09. The number of carbonyl (C=O) groups excluding carboxylic acids is 2. The van der Waals surface area contributed by atoms with Crippen LogP contribution in [0.1, 0.15) is 49.7 Å². The van der Waals surface area contributed by atoms with Crippen molar-refractivity contribution in [3.63, 3.8) is 0 Å². The molecule has 2 aromatic carbocycles. The van der Waals surface area contributed by atoms with E-state index in [4.69, 9.17) is 5.11 Å². The molecule has 1 aliphatic carbocycles. The predicted molar refractivity (Wildman–Crippen MR) is 140 cm³/mol. The number of carboxylic acid groups (broad SMARTS) is 1. The van der Waals surface area contributed by atoms with Crippen molar-refractivity contribution in [1.82, 2.24) is 9.80 Å². The van der Waals surface area contributed by atoms with Gasteiger partial charge in [0.25, 0.3) is 5.91 Å². The van der Waals surface area contributed by atoms with Gasteiger partial charge in [-0.15, -0.1) is 13.2 Å². The van der Waals surface area contributed by atoms with Gasteiger partial charge in [0, 0.05) is 31.9 Å². The quantitative estimate of drug-likeness (QED) is 0.447. The van der Waals surface area contributed by atoms with Crippen LogP contribution in [0.2, 0.25) is 0 Å². The van der Waals surface area contributed by atoms with Crippen molar-refractivity contribution in [3.8, 4) is 5.75 Å². The lowest BCUT2D eigenvalue weighted by Crippen LogP contribution is -2.56. The smallest absolute Gasteiger partial charge is 0.481 e. The molecule has 5 rings (SSSR count). The van der Waals surface area contributed by atoms with E-state index in [0.717, 1.165) is 31.4 Å². The highest BCUT2D eigenvalue weighted by Crippen LogP contribution is 2.41. The molecule has 2 aromatic rings. The Balaban J connectivity index is 1.37. The first-order chi connectivity index (χ1) is 19.0. The van der Waals surface area contributed by atoms with Gasteiger partial charge in [0.15, 0.2) is 0 Å². The molecule has 2 heterocycles. The second kappa shape index (κ2) is 11.0. The lowest BCUT2D eigenvalue weighted by atomic mass is 9.85. The number of nitrogens with zero attached hydrogens (tertiary/aromatic N) is 3. The van der Waals surface area contributed by atoms with E-state index in [2.05, 4.69) is 9.64 Å². The normalized spacial score (nSPS) is 19.6. The standard InChI is InChI=1S/C29H32F3N3O5/c30-29(31,32)40-24-10-8-21(9-11-24)19-35-27(39)34(18-20-4-1-2-5-20)26(38)28(35)12-14-33(15-13-28)23-7-3-6-22(16-23)17-25(36)37/h3,6-11,16,20H,1-2,4-5,12-15,17-19H2,(H,36,37). The topological polar surface area (TPSA) is 90.4 Å². The summed E-state index contributed by atoms with van der Waals surface area (Å²) in [6.45, 7) is 1.45. The molecule has 11 heteroatoms. The zero-order valence-electron chi connectivity index (χ0n) is 22.0. The second-order valence-electron chi connectivity index (χ2n) is 10.9. The fraction of sp³-hybridized carbons (Fsp3) is 0.483. The van der Waals surface area contributed by atoms with Crippen molar-refractivity contribution in [2.24, 2.45) is 5.92 Å². The van der Waals surface area contributed by atoms with Gasteiger partial charge in [-0.3, -0.25) is 14.5 Å². The highest BCUT2D eigenvalue weighted by Gasteiger charge is 2.58. The van der Waals surface area contributed by atoms with Gasteiger partial charge in [-0.2, -0.15) is 0 Å². The number of aliphatic carboxylic acids is 1. The average molecular weight is 560 g/mol. The molecule has 8 nitrogen and oxygen atoms in total. The van der Waals surface area contributed by atoms with E-state index in [9.17, 15) is 27.6 Å². The van der Waals surface area contributed by atoms with Gasteiger partial charge >= 0.3 is 18.4 Å². The molecule has 0 aromatic heterocycles. The molecule has 2 aliphatic heterocycles. The third kappa shape index (κ3) is 5.88. The summed E-state index contributed by atoms with van der Waals surface area (Å²) in [5.74, 6) is -1.20. The highest BCUT2D eigenvalue weighted by molar-refractivity contribution is 6.07. The number of ether oxygens (including phenoxy) is 1. The molecule has 0 bridgehead atoms. The maximum atomic E-state index is 13.9. The fourth-order valence-corrected chi connectivity index (χ4v) is 6.25. The van der Waals surface area contributed by atoms with Crippen LogP contribution in [-0.4, -0.2) is 64.3 Å². The number of alkyl halides is 3. The third-order valence-corrected chi connectivity index (χ3v) is 8.26. The number of hydrogen-bond acceptors (Lipinski definition) is 5. The van der Waals surface area contributed by atoms with E-state index in [0.29, 0.717) is 43.6 Å². The van der Waals surface area contributed by atoms with Crippen molar-refractivity contribution in [2.75, 3.05) is 24.5 Å². The molecule has 0 radical (unpaired) electrons. The molecule has 1 N–H and O–H groups in total. The second-order valence-corrected chi connectivity index (χ2v) is 10.9. The van der Waals surface area contributed by atoms with Crippen LogP contribution in [0.5, 0.6) is 5.75 Å². The number of imide groups is 1. The van der Waals surface area contributed by atoms with E-state index in [1.165, 1.54) is 29.2 Å². The number of rotatable bonds is 8. The van der Waals surface area contributed by atoms with Crippen LogP contribution >= 0.6 is 0 Å². The summed E-state index contributed by atoms with van der Waals surface area (Å²) < 4.78 is 41.8. The van der Waals surface area contributed by atoms with Gasteiger partial charge < -0.3 is 19.6 Å². The van der Waals surface area contributed by atoms with Crippen LogP contribution < -0.4 is 9.64 Å². The number of benzene rings is 2. The van der Waals surface area contributed by atoms with Crippen molar-refractivity contribution in [2.45, 2.75) is 63.4 Å². The first-order valence-corrected chi connectivity index (χ1v) is 13.6. The first kappa shape index (κ1) is 27.8. The molecule has 3 amide bonds. The fourth-order valence-electron chi connectivity index (χ4n) is 6.25. The van der Waals surface area contributed by atoms with E-state index < -0.39 is 17.9 Å². The van der Waals surface area contributed by atoms with Crippen LogP contribution in [0.4, 0.5) is 23.7 Å². The highest BCUT2D eigenvalue weighted by atomic mass is 19.4. The monoisotopic (exact) mass is 559 g/mol. The third-order valence-electron chi connectivity index (χ3n) is 8.26. The Hall–Kier alpha value is -3.76. The van der Waals surface area contributed by atoms with Crippen LogP contribution in [-0.2, 0) is 22.6 Å². The summed E-state index contributed by atoms with van der Waals surface area (Å²) in [6, 6.07) is 12.3. The Morgan fingerprint density at radius 1 is 1.00 bits per heavy atom. The van der Waals surface area contributed by atoms with E-state index >= 15 is 0 Å². The summed E-state index contributed by atoms with van der Waals surface area (Å²) in [6.07, 6.45) is 0.000766. The van der Waals surface area contributed by atoms with Crippen LogP contribution in [0.15, 0.2) is 48.5 Å². The van der Waals surface area contributed by atoms with Crippen molar-refractivity contribution >= 4 is 23.6 Å². The van der Waals surface area contributed by atoms with Gasteiger partial charge in [-0.05, 0) is 67.0 Å². The van der Waals surface area contributed by atoms with Crippen LogP contribution in [0.25, 0.3) is 0 Å². The predicted octanol–water partition coefficient (Wildman–Crippen LogP) is 5.21. The first-order valence-electron chi connectivity index (χ1n) is 13.6. The zero-order chi connectivity index (χ0) is 28.5. The van der Waals surface area contributed by atoms with Gasteiger partial charge in [-0.1, -0.05) is 37.1 Å². The molecular formula is C29H32F3N3O5. The number of piperidine rings is 1. The minimum absolute atomic E-state index is 0.0880. The number of anilines is 1. The Bertz CT molecular complexity index is 1250. The van der Waals surface area contributed by atoms with Crippen molar-refractivity contribution in [3.05, 3.63) is 59.7 Å². The molecule has 1 saturated carbocycles. The molecule has 3 aliphatic rings. The summed E-state index contributed by atoms with van der Waals surface area (Å²) in [4.78, 5) is 43.9. The Kier molecular flexibility index (Phi) is 7.65. The van der Waals surface area contributed by atoms with Crippen LogP contribution in [0, 0.1) is 5.92 Å². The lowest BCUT2D eigenvalue weighted by molar-refractivity contribution is -0.274.